The molecule has 0 amide bonds. The van der Waals surface area contributed by atoms with Crippen molar-refractivity contribution in [1.29, 1.82) is 0 Å². The van der Waals surface area contributed by atoms with E-state index in [2.05, 4.69) is 12.2 Å². The molecule has 0 radical (unpaired) electrons. The van der Waals surface area contributed by atoms with E-state index in [0.29, 0.717) is 0 Å². The van der Waals surface area contributed by atoms with Crippen LogP contribution in [-0.2, 0) is 0 Å². The molecule has 0 atom stereocenters. The first-order valence-electron chi connectivity index (χ1n) is 2.92. The number of hydrogen-bond donors (Lipinski definition) is 0. The highest BCUT2D eigenvalue weighted by Crippen LogP contribution is 2.04. The molecule has 0 nitrogen and oxygen atoms in total. The van der Waals surface area contributed by atoms with Gasteiger partial charge < -0.3 is 0 Å². The third-order valence-electron chi connectivity index (χ3n) is 0.823. The largest absolute Gasteiger partial charge is 0.165 e. The molecule has 0 aliphatic rings. The van der Waals surface area contributed by atoms with Crippen LogP contribution in [0.15, 0.2) is 0 Å². The van der Waals surface area contributed by atoms with E-state index in [-0.39, 0.29) is 0 Å². The summed E-state index contributed by atoms with van der Waals surface area (Å²) in [5.74, 6) is 5.95. The molecule has 2 heteroatoms. The van der Waals surface area contributed by atoms with Gasteiger partial charge in [-0.1, -0.05) is 5.92 Å². The minimum Gasteiger partial charge on any atom is -0.165 e. The molecule has 0 fully saturated rings. The summed E-state index contributed by atoms with van der Waals surface area (Å²) in [7, 11) is 0. The molecule has 0 aromatic rings. The lowest BCUT2D eigenvalue weighted by Crippen LogP contribution is -1.83. The highest BCUT2D eigenvalue weighted by atomic mass is 32.2. The molecule has 0 bridgehead atoms. The van der Waals surface area contributed by atoms with Crippen LogP contribution in [0.3, 0.4) is 0 Å². The Bertz CT molecular complexity index is 83.4. The van der Waals surface area contributed by atoms with Crippen LogP contribution >= 0.6 is 23.5 Å². The van der Waals surface area contributed by atoms with Crippen molar-refractivity contribution < 1.29 is 0 Å². The fraction of sp³-hybridized carbons (Fsp3) is 0.714. The van der Waals surface area contributed by atoms with Crippen LogP contribution in [0, 0.1) is 12.3 Å². The van der Waals surface area contributed by atoms with E-state index in [4.69, 9.17) is 6.42 Å². The topological polar surface area (TPSA) is 0 Å². The molecular formula is C7H12S2. The summed E-state index contributed by atoms with van der Waals surface area (Å²) in [6.07, 6.45) is 8.48. The Kier molecular flexibility index (Phi) is 8.50. The minimum atomic E-state index is 0.869. The maximum atomic E-state index is 5.07. The van der Waals surface area contributed by atoms with Gasteiger partial charge in [-0.15, -0.1) is 18.2 Å². The molecular weight excluding hydrogens is 148 g/mol. The molecule has 0 unspecified atom stereocenters. The summed E-state index contributed by atoms with van der Waals surface area (Å²) in [5, 5.41) is 0. The number of rotatable bonds is 5. The average molecular weight is 160 g/mol. The van der Waals surface area contributed by atoms with Gasteiger partial charge >= 0.3 is 0 Å². The van der Waals surface area contributed by atoms with Crippen molar-refractivity contribution >= 4 is 23.5 Å². The lowest BCUT2D eigenvalue weighted by molar-refractivity contribution is 1.13. The predicted molar refractivity (Wildman–Crippen MR) is 49.2 cm³/mol. The number of hydrogen-bond acceptors (Lipinski definition) is 2. The SMILES string of the molecule is C#CCSCCCSC. The second kappa shape index (κ2) is 8.26. The van der Waals surface area contributed by atoms with Crippen LogP contribution in [-0.4, -0.2) is 23.5 Å². The molecule has 52 valence electrons. The van der Waals surface area contributed by atoms with Gasteiger partial charge in [0.1, 0.15) is 0 Å². The Labute approximate surface area is 66.2 Å². The van der Waals surface area contributed by atoms with Crippen molar-refractivity contribution in [2.45, 2.75) is 6.42 Å². The lowest BCUT2D eigenvalue weighted by Gasteiger charge is -1.93. The quantitative estimate of drug-likeness (QED) is 0.446. The third-order valence-corrected chi connectivity index (χ3v) is 2.47. The van der Waals surface area contributed by atoms with Gasteiger partial charge in [0, 0.05) is 0 Å². The molecule has 0 spiro atoms. The standard InChI is InChI=1S/C7H12S2/c1-3-5-9-7-4-6-8-2/h1H,4-7H2,2H3. The molecule has 0 N–H and O–H groups in total. The molecule has 0 saturated carbocycles. The summed E-state index contributed by atoms with van der Waals surface area (Å²) in [5.41, 5.74) is 0. The fourth-order valence-corrected chi connectivity index (χ4v) is 1.66. The average Bonchev–Trinajstić information content (AvgIpc) is 1.89. The van der Waals surface area contributed by atoms with Crippen molar-refractivity contribution in [2.75, 3.05) is 23.5 Å². The molecule has 0 aromatic carbocycles. The zero-order valence-electron chi connectivity index (χ0n) is 5.72. The van der Waals surface area contributed by atoms with Gasteiger partial charge in [0.2, 0.25) is 0 Å². The van der Waals surface area contributed by atoms with Gasteiger partial charge in [-0.2, -0.15) is 11.8 Å². The molecule has 0 saturated heterocycles. The summed E-state index contributed by atoms with van der Waals surface area (Å²) >= 11 is 3.74. The van der Waals surface area contributed by atoms with E-state index in [0.717, 1.165) is 5.75 Å². The van der Waals surface area contributed by atoms with Crippen molar-refractivity contribution in [3.05, 3.63) is 0 Å². The second-order valence-electron chi connectivity index (χ2n) is 1.60. The van der Waals surface area contributed by atoms with Crippen LogP contribution in [0.25, 0.3) is 0 Å². The second-order valence-corrected chi connectivity index (χ2v) is 3.69. The van der Waals surface area contributed by atoms with Gasteiger partial charge in [-0.3, -0.25) is 0 Å². The Hall–Kier alpha value is 0.260. The maximum absolute atomic E-state index is 5.07. The van der Waals surface area contributed by atoms with Gasteiger partial charge in [0.05, 0.1) is 5.75 Å². The predicted octanol–water partition coefficient (Wildman–Crippen LogP) is 2.11. The molecule has 0 aliphatic heterocycles. The molecule has 9 heavy (non-hydrogen) atoms. The van der Waals surface area contributed by atoms with E-state index in [1.54, 1.807) is 0 Å². The van der Waals surface area contributed by atoms with Crippen LogP contribution < -0.4 is 0 Å². The van der Waals surface area contributed by atoms with E-state index in [9.17, 15) is 0 Å². The van der Waals surface area contributed by atoms with Crippen molar-refractivity contribution in [3.8, 4) is 12.3 Å². The zero-order chi connectivity index (χ0) is 6.95. The first-order valence-corrected chi connectivity index (χ1v) is 5.47. The lowest BCUT2D eigenvalue weighted by atomic mass is 10.6. The molecule has 0 aliphatic carbocycles. The normalized spacial score (nSPS) is 8.89. The Morgan fingerprint density at radius 3 is 2.78 bits per heavy atom. The summed E-state index contributed by atoms with van der Waals surface area (Å²) < 4.78 is 0. The van der Waals surface area contributed by atoms with E-state index in [1.807, 2.05) is 23.5 Å². The van der Waals surface area contributed by atoms with E-state index < -0.39 is 0 Å². The van der Waals surface area contributed by atoms with Gasteiger partial charge in [0.15, 0.2) is 0 Å². The Balaban J connectivity index is 2.69. The molecule has 0 rings (SSSR count). The first-order chi connectivity index (χ1) is 4.41. The van der Waals surface area contributed by atoms with Crippen LogP contribution in [0.4, 0.5) is 0 Å². The van der Waals surface area contributed by atoms with Crippen molar-refractivity contribution in [2.24, 2.45) is 0 Å². The molecule has 0 aromatic heterocycles. The van der Waals surface area contributed by atoms with Crippen molar-refractivity contribution in [3.63, 3.8) is 0 Å². The Morgan fingerprint density at radius 1 is 1.44 bits per heavy atom. The minimum absolute atomic E-state index is 0.869. The number of thioether (sulfide) groups is 2. The number of terminal acetylenes is 1. The van der Waals surface area contributed by atoms with Gasteiger partial charge in [-0.25, -0.2) is 0 Å². The zero-order valence-corrected chi connectivity index (χ0v) is 7.36. The van der Waals surface area contributed by atoms with Crippen LogP contribution in [0.1, 0.15) is 6.42 Å². The van der Waals surface area contributed by atoms with Gasteiger partial charge in [0.25, 0.3) is 0 Å². The summed E-state index contributed by atoms with van der Waals surface area (Å²) in [6, 6.07) is 0. The van der Waals surface area contributed by atoms with E-state index >= 15 is 0 Å². The van der Waals surface area contributed by atoms with Crippen molar-refractivity contribution in [1.82, 2.24) is 0 Å². The summed E-state index contributed by atoms with van der Waals surface area (Å²) in [6.45, 7) is 0. The summed E-state index contributed by atoms with van der Waals surface area (Å²) in [4.78, 5) is 0. The highest BCUT2D eigenvalue weighted by Gasteiger charge is 1.84. The van der Waals surface area contributed by atoms with Gasteiger partial charge in [-0.05, 0) is 24.2 Å². The fourth-order valence-electron chi connectivity index (χ4n) is 0.436. The van der Waals surface area contributed by atoms with Crippen LogP contribution in [0.5, 0.6) is 0 Å². The maximum Gasteiger partial charge on any atom is 0.0544 e. The smallest absolute Gasteiger partial charge is 0.0544 e. The first kappa shape index (κ1) is 9.26. The van der Waals surface area contributed by atoms with E-state index in [1.165, 1.54) is 17.9 Å². The monoisotopic (exact) mass is 160 g/mol. The Morgan fingerprint density at radius 2 is 2.22 bits per heavy atom. The van der Waals surface area contributed by atoms with Crippen LogP contribution in [0.2, 0.25) is 0 Å². The highest BCUT2D eigenvalue weighted by molar-refractivity contribution is 8.00. The molecule has 0 heterocycles. The third kappa shape index (κ3) is 8.26.